The third kappa shape index (κ3) is 5.02. The maximum Gasteiger partial charge on any atom is 0.320 e. The Bertz CT molecular complexity index is 238. The molecule has 17 heavy (non-hydrogen) atoms. The molecule has 100 valence electrons. The van der Waals surface area contributed by atoms with Crippen molar-refractivity contribution in [3.8, 4) is 0 Å². The number of aliphatic carboxylic acids is 1. The monoisotopic (exact) mass is 244 g/mol. The molecule has 1 unspecified atom stereocenters. The standard InChI is InChI=1S/C12H24N2O3/c1-4-13-11(12(15)16)5-6-14-7-9(2)17-10(3)8-14/h9-11,13H,4-8H2,1-3H3,(H,15,16)/t9-,10+,11?. The maximum atomic E-state index is 11.0. The third-order valence-corrected chi connectivity index (χ3v) is 2.98. The average Bonchev–Trinajstić information content (AvgIpc) is 2.22. The lowest BCUT2D eigenvalue weighted by Crippen LogP contribution is -2.47. The van der Waals surface area contributed by atoms with Crippen molar-refractivity contribution in [1.82, 2.24) is 10.2 Å². The van der Waals surface area contributed by atoms with Crippen molar-refractivity contribution in [2.24, 2.45) is 0 Å². The Morgan fingerprint density at radius 3 is 2.53 bits per heavy atom. The SMILES string of the molecule is CCNC(CCN1C[C@@H](C)O[C@@H](C)C1)C(=O)O. The van der Waals surface area contributed by atoms with Crippen LogP contribution in [-0.4, -0.2) is 60.4 Å². The van der Waals surface area contributed by atoms with Gasteiger partial charge in [0.25, 0.3) is 0 Å². The van der Waals surface area contributed by atoms with Crippen molar-refractivity contribution >= 4 is 5.97 Å². The summed E-state index contributed by atoms with van der Waals surface area (Å²) in [4.78, 5) is 13.3. The van der Waals surface area contributed by atoms with E-state index in [0.717, 1.165) is 19.6 Å². The molecule has 0 aromatic carbocycles. The molecule has 0 aromatic heterocycles. The summed E-state index contributed by atoms with van der Waals surface area (Å²) in [5, 5.41) is 12.0. The Labute approximate surface area is 103 Å². The van der Waals surface area contributed by atoms with Crippen LogP contribution in [-0.2, 0) is 9.53 Å². The summed E-state index contributed by atoms with van der Waals surface area (Å²) < 4.78 is 5.64. The van der Waals surface area contributed by atoms with Gasteiger partial charge in [-0.3, -0.25) is 9.69 Å². The Hall–Kier alpha value is -0.650. The largest absolute Gasteiger partial charge is 0.480 e. The van der Waals surface area contributed by atoms with Crippen LogP contribution in [0.15, 0.2) is 0 Å². The summed E-state index contributed by atoms with van der Waals surface area (Å²) in [6, 6.07) is -0.437. The topological polar surface area (TPSA) is 61.8 Å². The smallest absolute Gasteiger partial charge is 0.320 e. The van der Waals surface area contributed by atoms with Gasteiger partial charge in [0, 0.05) is 19.6 Å². The first-order valence-electron chi connectivity index (χ1n) is 6.37. The van der Waals surface area contributed by atoms with E-state index in [2.05, 4.69) is 24.1 Å². The summed E-state index contributed by atoms with van der Waals surface area (Å²) >= 11 is 0. The fraction of sp³-hybridized carbons (Fsp3) is 0.917. The molecule has 1 aliphatic rings. The van der Waals surface area contributed by atoms with Gasteiger partial charge in [-0.25, -0.2) is 0 Å². The zero-order chi connectivity index (χ0) is 12.8. The molecule has 1 heterocycles. The average molecular weight is 244 g/mol. The number of carboxylic acids is 1. The molecule has 1 rings (SSSR count). The number of carbonyl (C=O) groups is 1. The molecule has 0 amide bonds. The lowest BCUT2D eigenvalue weighted by molar-refractivity contribution is -0.139. The van der Waals surface area contributed by atoms with Gasteiger partial charge in [-0.1, -0.05) is 6.92 Å². The molecule has 1 saturated heterocycles. The van der Waals surface area contributed by atoms with Gasteiger partial charge < -0.3 is 15.2 Å². The number of rotatable bonds is 6. The molecule has 5 nitrogen and oxygen atoms in total. The van der Waals surface area contributed by atoms with E-state index in [9.17, 15) is 4.79 Å². The first-order chi connectivity index (χ1) is 8.02. The molecule has 0 aromatic rings. The quantitative estimate of drug-likeness (QED) is 0.714. The first-order valence-corrected chi connectivity index (χ1v) is 6.37. The van der Waals surface area contributed by atoms with E-state index in [1.54, 1.807) is 0 Å². The van der Waals surface area contributed by atoms with E-state index in [1.807, 2.05) is 6.92 Å². The van der Waals surface area contributed by atoms with Crippen LogP contribution in [0.2, 0.25) is 0 Å². The third-order valence-electron chi connectivity index (χ3n) is 2.98. The predicted octanol–water partition coefficient (Wildman–Crippen LogP) is 0.548. The van der Waals surface area contributed by atoms with Crippen LogP contribution < -0.4 is 5.32 Å². The van der Waals surface area contributed by atoms with E-state index in [1.165, 1.54) is 0 Å². The zero-order valence-corrected chi connectivity index (χ0v) is 11.0. The molecule has 1 aliphatic heterocycles. The molecule has 0 spiro atoms. The van der Waals surface area contributed by atoms with Crippen LogP contribution in [0.3, 0.4) is 0 Å². The van der Waals surface area contributed by atoms with Crippen LogP contribution in [0.25, 0.3) is 0 Å². The maximum absolute atomic E-state index is 11.0. The number of nitrogens with zero attached hydrogens (tertiary/aromatic N) is 1. The minimum absolute atomic E-state index is 0.237. The number of hydrogen-bond acceptors (Lipinski definition) is 4. The molecule has 0 saturated carbocycles. The second kappa shape index (κ2) is 6.93. The second-order valence-electron chi connectivity index (χ2n) is 4.75. The molecule has 0 bridgehead atoms. The summed E-state index contributed by atoms with van der Waals surface area (Å²) in [5.74, 6) is -0.763. The van der Waals surface area contributed by atoms with Gasteiger partial charge in [-0.2, -0.15) is 0 Å². The van der Waals surface area contributed by atoms with Crippen molar-refractivity contribution < 1.29 is 14.6 Å². The molecular formula is C12H24N2O3. The highest BCUT2D eigenvalue weighted by molar-refractivity contribution is 5.73. The lowest BCUT2D eigenvalue weighted by atomic mass is 10.1. The van der Waals surface area contributed by atoms with Crippen molar-refractivity contribution in [2.45, 2.75) is 45.4 Å². The van der Waals surface area contributed by atoms with Crippen LogP contribution >= 0.6 is 0 Å². The van der Waals surface area contributed by atoms with Crippen molar-refractivity contribution in [2.75, 3.05) is 26.2 Å². The van der Waals surface area contributed by atoms with Gasteiger partial charge in [-0.15, -0.1) is 0 Å². The number of ether oxygens (including phenoxy) is 1. The highest BCUT2D eigenvalue weighted by Gasteiger charge is 2.24. The second-order valence-corrected chi connectivity index (χ2v) is 4.75. The van der Waals surface area contributed by atoms with Gasteiger partial charge in [0.15, 0.2) is 0 Å². The molecule has 5 heteroatoms. The van der Waals surface area contributed by atoms with Gasteiger partial charge in [-0.05, 0) is 26.8 Å². The Morgan fingerprint density at radius 2 is 2.06 bits per heavy atom. The van der Waals surface area contributed by atoms with Crippen molar-refractivity contribution in [3.63, 3.8) is 0 Å². The van der Waals surface area contributed by atoms with Crippen LogP contribution in [0.4, 0.5) is 0 Å². The highest BCUT2D eigenvalue weighted by atomic mass is 16.5. The van der Waals surface area contributed by atoms with Crippen LogP contribution in [0.1, 0.15) is 27.2 Å². The summed E-state index contributed by atoms with van der Waals surface area (Å²) in [7, 11) is 0. The van der Waals surface area contributed by atoms with Crippen LogP contribution in [0.5, 0.6) is 0 Å². The molecule has 0 aliphatic carbocycles. The zero-order valence-electron chi connectivity index (χ0n) is 11.0. The minimum atomic E-state index is -0.763. The van der Waals surface area contributed by atoms with E-state index < -0.39 is 12.0 Å². The Balaban J connectivity index is 2.35. The number of nitrogens with one attached hydrogen (secondary N) is 1. The van der Waals surface area contributed by atoms with Crippen molar-refractivity contribution in [3.05, 3.63) is 0 Å². The predicted molar refractivity (Wildman–Crippen MR) is 66.2 cm³/mol. The van der Waals surface area contributed by atoms with Crippen LogP contribution in [0, 0.1) is 0 Å². The molecule has 2 N–H and O–H groups in total. The van der Waals surface area contributed by atoms with Gasteiger partial charge in [0.2, 0.25) is 0 Å². The molecule has 0 radical (unpaired) electrons. The molecule has 3 atom stereocenters. The summed E-state index contributed by atoms with van der Waals surface area (Å²) in [5.41, 5.74) is 0. The fourth-order valence-corrected chi connectivity index (χ4v) is 2.34. The van der Waals surface area contributed by atoms with E-state index in [4.69, 9.17) is 9.84 Å². The summed E-state index contributed by atoms with van der Waals surface area (Å²) in [6.45, 7) is 9.32. The van der Waals surface area contributed by atoms with Gasteiger partial charge in [0.1, 0.15) is 6.04 Å². The number of carboxylic acid groups (broad SMARTS) is 1. The Morgan fingerprint density at radius 1 is 1.47 bits per heavy atom. The minimum Gasteiger partial charge on any atom is -0.480 e. The highest BCUT2D eigenvalue weighted by Crippen LogP contribution is 2.11. The molecule has 1 fully saturated rings. The van der Waals surface area contributed by atoms with Gasteiger partial charge >= 0.3 is 5.97 Å². The number of morpholine rings is 1. The van der Waals surface area contributed by atoms with Gasteiger partial charge in [0.05, 0.1) is 12.2 Å². The van der Waals surface area contributed by atoms with E-state index >= 15 is 0 Å². The fourth-order valence-electron chi connectivity index (χ4n) is 2.34. The first kappa shape index (κ1) is 14.4. The van der Waals surface area contributed by atoms with E-state index in [0.29, 0.717) is 13.0 Å². The lowest BCUT2D eigenvalue weighted by Gasteiger charge is -2.35. The summed E-state index contributed by atoms with van der Waals surface area (Å²) in [6.07, 6.45) is 1.12. The normalized spacial score (nSPS) is 27.9. The number of likely N-dealkylation sites (N-methyl/N-ethyl adjacent to an activating group) is 1. The van der Waals surface area contributed by atoms with Crippen molar-refractivity contribution in [1.29, 1.82) is 0 Å². The number of hydrogen-bond donors (Lipinski definition) is 2. The molecular weight excluding hydrogens is 220 g/mol. The van der Waals surface area contributed by atoms with E-state index in [-0.39, 0.29) is 12.2 Å². The Kier molecular flexibility index (Phi) is 5.88.